The summed E-state index contributed by atoms with van der Waals surface area (Å²) in [5, 5.41) is -0.425. The highest BCUT2D eigenvalue weighted by Crippen LogP contribution is 2.38. The van der Waals surface area contributed by atoms with Crippen molar-refractivity contribution in [1.29, 1.82) is 0 Å². The van der Waals surface area contributed by atoms with Gasteiger partial charge in [0.2, 0.25) is 0 Å². The molecular formula is C13H11BrClFS. The number of halogens is 3. The molecule has 0 bridgehead atoms. The molecule has 1 heterocycles. The number of hydrogen-bond donors (Lipinski definition) is 0. The van der Waals surface area contributed by atoms with Crippen molar-refractivity contribution in [2.45, 2.75) is 19.2 Å². The molecule has 0 radical (unpaired) electrons. The SMILES string of the molecule is Cc1cc(C)c(C(Cl)c2cccc(Br)c2F)s1. The summed E-state index contributed by atoms with van der Waals surface area (Å²) in [6.45, 7) is 4.03. The summed E-state index contributed by atoms with van der Waals surface area (Å²) in [7, 11) is 0. The fourth-order valence-corrected chi connectivity index (χ4v) is 3.66. The lowest BCUT2D eigenvalue weighted by molar-refractivity contribution is 0.606. The van der Waals surface area contributed by atoms with Crippen molar-refractivity contribution in [1.82, 2.24) is 0 Å². The number of rotatable bonds is 2. The molecule has 2 aromatic rings. The molecule has 4 heteroatoms. The van der Waals surface area contributed by atoms with Gasteiger partial charge in [0, 0.05) is 15.3 Å². The Morgan fingerprint density at radius 2 is 2.06 bits per heavy atom. The van der Waals surface area contributed by atoms with Gasteiger partial charge in [-0.25, -0.2) is 4.39 Å². The van der Waals surface area contributed by atoms with E-state index >= 15 is 0 Å². The lowest BCUT2D eigenvalue weighted by Gasteiger charge is -2.11. The molecule has 1 aromatic carbocycles. The number of hydrogen-bond acceptors (Lipinski definition) is 1. The zero-order valence-electron chi connectivity index (χ0n) is 9.43. The summed E-state index contributed by atoms with van der Waals surface area (Å²) in [6.07, 6.45) is 0. The molecule has 0 saturated heterocycles. The van der Waals surface area contributed by atoms with E-state index in [1.165, 1.54) is 4.88 Å². The van der Waals surface area contributed by atoms with Gasteiger partial charge in [-0.15, -0.1) is 22.9 Å². The third-order valence-electron chi connectivity index (χ3n) is 2.56. The van der Waals surface area contributed by atoms with E-state index in [1.807, 2.05) is 13.8 Å². The Labute approximate surface area is 118 Å². The number of alkyl halides is 1. The van der Waals surface area contributed by atoms with Crippen LogP contribution in [0.25, 0.3) is 0 Å². The lowest BCUT2D eigenvalue weighted by Crippen LogP contribution is -1.97. The fraction of sp³-hybridized carbons (Fsp3) is 0.231. The Morgan fingerprint density at radius 3 is 2.65 bits per heavy atom. The Morgan fingerprint density at radius 1 is 1.35 bits per heavy atom. The van der Waals surface area contributed by atoms with Crippen molar-refractivity contribution in [2.75, 3.05) is 0 Å². The maximum Gasteiger partial charge on any atom is 0.142 e. The normalized spacial score (nSPS) is 12.8. The van der Waals surface area contributed by atoms with Crippen LogP contribution in [-0.2, 0) is 0 Å². The monoisotopic (exact) mass is 332 g/mol. The van der Waals surface area contributed by atoms with Crippen molar-refractivity contribution in [3.05, 3.63) is 55.4 Å². The van der Waals surface area contributed by atoms with E-state index in [2.05, 4.69) is 22.0 Å². The maximum atomic E-state index is 13.9. The molecule has 0 nitrogen and oxygen atoms in total. The Bertz CT molecular complexity index is 550. The molecule has 1 unspecified atom stereocenters. The Kier molecular flexibility index (Phi) is 3.91. The van der Waals surface area contributed by atoms with Crippen LogP contribution in [0.3, 0.4) is 0 Å². The molecule has 0 aliphatic carbocycles. The molecule has 2 rings (SSSR count). The van der Waals surface area contributed by atoms with Crippen molar-refractivity contribution in [3.63, 3.8) is 0 Å². The van der Waals surface area contributed by atoms with Crippen LogP contribution < -0.4 is 0 Å². The maximum absolute atomic E-state index is 13.9. The smallest absolute Gasteiger partial charge is 0.142 e. The van der Waals surface area contributed by atoms with Gasteiger partial charge in [-0.3, -0.25) is 0 Å². The van der Waals surface area contributed by atoms with E-state index in [9.17, 15) is 4.39 Å². The van der Waals surface area contributed by atoms with Crippen molar-refractivity contribution in [3.8, 4) is 0 Å². The Hall–Kier alpha value is -0.380. The molecular weight excluding hydrogens is 323 g/mol. The predicted molar refractivity (Wildman–Crippen MR) is 75.6 cm³/mol. The molecule has 0 N–H and O–H groups in total. The third kappa shape index (κ3) is 2.56. The second kappa shape index (κ2) is 5.09. The van der Waals surface area contributed by atoms with Crippen molar-refractivity contribution < 1.29 is 4.39 Å². The van der Waals surface area contributed by atoms with E-state index < -0.39 is 5.38 Å². The highest BCUT2D eigenvalue weighted by atomic mass is 79.9. The molecule has 0 aliphatic rings. The van der Waals surface area contributed by atoms with Gasteiger partial charge in [0.1, 0.15) is 5.82 Å². The summed E-state index contributed by atoms with van der Waals surface area (Å²) in [6, 6.07) is 7.28. The minimum atomic E-state index is -0.425. The van der Waals surface area contributed by atoms with Crippen LogP contribution in [0.5, 0.6) is 0 Å². The van der Waals surface area contributed by atoms with Crippen LogP contribution in [0.2, 0.25) is 0 Å². The lowest BCUT2D eigenvalue weighted by atomic mass is 10.1. The van der Waals surface area contributed by atoms with Crippen LogP contribution in [0.1, 0.15) is 26.3 Å². The molecule has 0 saturated carbocycles. The summed E-state index contributed by atoms with van der Waals surface area (Å²) < 4.78 is 14.4. The topological polar surface area (TPSA) is 0 Å². The first kappa shape index (κ1) is 13.1. The fourth-order valence-electron chi connectivity index (χ4n) is 1.77. The highest BCUT2D eigenvalue weighted by Gasteiger charge is 2.20. The molecule has 17 heavy (non-hydrogen) atoms. The third-order valence-corrected chi connectivity index (χ3v) is 4.98. The minimum absolute atomic E-state index is 0.280. The van der Waals surface area contributed by atoms with Gasteiger partial charge >= 0.3 is 0 Å². The van der Waals surface area contributed by atoms with Gasteiger partial charge in [0.05, 0.1) is 9.85 Å². The average molecular weight is 334 g/mol. The van der Waals surface area contributed by atoms with Gasteiger partial charge < -0.3 is 0 Å². The number of aryl methyl sites for hydroxylation is 2. The molecule has 0 aliphatic heterocycles. The van der Waals surface area contributed by atoms with E-state index in [-0.39, 0.29) is 5.82 Å². The van der Waals surface area contributed by atoms with E-state index in [0.717, 1.165) is 10.4 Å². The zero-order valence-corrected chi connectivity index (χ0v) is 12.6. The van der Waals surface area contributed by atoms with Crippen LogP contribution in [0.15, 0.2) is 28.7 Å². The molecule has 0 fully saturated rings. The van der Waals surface area contributed by atoms with E-state index in [4.69, 9.17) is 11.6 Å². The summed E-state index contributed by atoms with van der Waals surface area (Å²) in [4.78, 5) is 2.21. The van der Waals surface area contributed by atoms with Crippen molar-refractivity contribution in [2.24, 2.45) is 0 Å². The van der Waals surface area contributed by atoms with Gasteiger partial charge in [-0.05, 0) is 47.5 Å². The molecule has 0 spiro atoms. The molecule has 0 amide bonds. The zero-order chi connectivity index (χ0) is 12.6. The first-order chi connectivity index (χ1) is 8.00. The first-order valence-electron chi connectivity index (χ1n) is 5.15. The number of benzene rings is 1. The van der Waals surface area contributed by atoms with Gasteiger partial charge in [-0.1, -0.05) is 12.1 Å². The molecule has 90 valence electrons. The quantitative estimate of drug-likeness (QED) is 0.628. The van der Waals surface area contributed by atoms with Crippen LogP contribution in [0, 0.1) is 19.7 Å². The van der Waals surface area contributed by atoms with E-state index in [1.54, 1.807) is 29.5 Å². The standard InChI is InChI=1S/C13H11BrClFS/c1-7-6-8(2)17-13(7)11(15)9-4-3-5-10(14)12(9)16/h3-6,11H,1-2H3. The number of thiophene rings is 1. The van der Waals surface area contributed by atoms with E-state index in [0.29, 0.717) is 10.0 Å². The summed E-state index contributed by atoms with van der Waals surface area (Å²) in [5.74, 6) is -0.280. The van der Waals surface area contributed by atoms with Crippen LogP contribution in [0.4, 0.5) is 4.39 Å². The second-order valence-electron chi connectivity index (χ2n) is 3.91. The summed E-state index contributed by atoms with van der Waals surface area (Å²) in [5.41, 5.74) is 1.64. The summed E-state index contributed by atoms with van der Waals surface area (Å²) >= 11 is 11.2. The highest BCUT2D eigenvalue weighted by molar-refractivity contribution is 9.10. The van der Waals surface area contributed by atoms with Gasteiger partial charge in [-0.2, -0.15) is 0 Å². The first-order valence-corrected chi connectivity index (χ1v) is 7.20. The Balaban J connectivity index is 2.47. The van der Waals surface area contributed by atoms with Crippen LogP contribution >= 0.6 is 38.9 Å². The minimum Gasteiger partial charge on any atom is -0.205 e. The molecule has 1 aromatic heterocycles. The second-order valence-corrected chi connectivity index (χ2v) is 6.49. The van der Waals surface area contributed by atoms with Gasteiger partial charge in [0.15, 0.2) is 0 Å². The van der Waals surface area contributed by atoms with Crippen molar-refractivity contribution >= 4 is 38.9 Å². The predicted octanol–water partition coefficient (Wildman–Crippen LogP) is 5.59. The average Bonchev–Trinajstić information content (AvgIpc) is 2.61. The largest absolute Gasteiger partial charge is 0.205 e. The van der Waals surface area contributed by atoms with Crippen LogP contribution in [-0.4, -0.2) is 0 Å². The van der Waals surface area contributed by atoms with Gasteiger partial charge in [0.25, 0.3) is 0 Å². The molecule has 1 atom stereocenters.